The van der Waals surface area contributed by atoms with Gasteiger partial charge in [-0.1, -0.05) is 97.1 Å². The minimum absolute atomic E-state index is 0.00857. The van der Waals surface area contributed by atoms with Gasteiger partial charge in [-0.3, -0.25) is 0 Å². The number of nitrogens with zero attached hydrogens (tertiary/aromatic N) is 1. The molecule has 4 aromatic carbocycles. The molecule has 8 heteroatoms. The van der Waals surface area contributed by atoms with Crippen LogP contribution in [0.2, 0.25) is 0 Å². The summed E-state index contributed by atoms with van der Waals surface area (Å²) in [6.07, 6.45) is 0. The van der Waals surface area contributed by atoms with Crippen LogP contribution in [0, 0.1) is 0 Å². The zero-order valence-electron chi connectivity index (χ0n) is 19.2. The maximum Gasteiger partial charge on any atom is 0.269 e. The lowest BCUT2D eigenvalue weighted by Crippen LogP contribution is -2.31. The number of rotatable bonds is 8. The molecule has 0 saturated heterocycles. The molecule has 5 rings (SSSR count). The fraction of sp³-hybridized carbons (Fsp3) is 0.0714. The number of hydrogen-bond donors (Lipinski definition) is 1. The van der Waals surface area contributed by atoms with Gasteiger partial charge >= 0.3 is 0 Å². The Morgan fingerprint density at radius 2 is 1.14 bits per heavy atom. The summed E-state index contributed by atoms with van der Waals surface area (Å²) < 4.78 is 58.2. The van der Waals surface area contributed by atoms with Crippen molar-refractivity contribution in [3.05, 3.63) is 132 Å². The van der Waals surface area contributed by atoms with Gasteiger partial charge in [0.05, 0.1) is 10.4 Å². The number of hydrogen-bond acceptors (Lipinski definition) is 4. The van der Waals surface area contributed by atoms with Crippen molar-refractivity contribution in [3.63, 3.8) is 0 Å². The SMILES string of the molecule is O=S(=O)(NCC(c1ccccc1)c1ccccc1)c1cc2ccccc2n1S(=O)(=O)c1ccccc1. The lowest BCUT2D eigenvalue weighted by molar-refractivity contribution is 0.563. The number of nitrogens with one attached hydrogen (secondary N) is 1. The van der Waals surface area contributed by atoms with E-state index in [4.69, 9.17) is 0 Å². The van der Waals surface area contributed by atoms with Crippen LogP contribution in [0.5, 0.6) is 0 Å². The van der Waals surface area contributed by atoms with Crippen LogP contribution < -0.4 is 4.72 Å². The first-order valence-corrected chi connectivity index (χ1v) is 14.3. The molecule has 5 aromatic rings. The Morgan fingerprint density at radius 1 is 0.639 bits per heavy atom. The molecule has 1 aromatic heterocycles. The van der Waals surface area contributed by atoms with E-state index in [2.05, 4.69) is 4.72 Å². The fourth-order valence-corrected chi connectivity index (χ4v) is 7.45. The zero-order valence-corrected chi connectivity index (χ0v) is 20.9. The summed E-state index contributed by atoms with van der Waals surface area (Å²) in [5.74, 6) is -0.259. The van der Waals surface area contributed by atoms with E-state index >= 15 is 0 Å². The number of aromatic nitrogens is 1. The summed E-state index contributed by atoms with van der Waals surface area (Å²) in [6, 6.07) is 35.2. The molecule has 6 nitrogen and oxygen atoms in total. The molecule has 0 radical (unpaired) electrons. The first-order chi connectivity index (χ1) is 17.4. The molecule has 182 valence electrons. The summed E-state index contributed by atoms with van der Waals surface area (Å²) >= 11 is 0. The van der Waals surface area contributed by atoms with E-state index in [9.17, 15) is 16.8 Å². The molecule has 0 bridgehead atoms. The molecule has 1 heterocycles. The Hall–Kier alpha value is -3.72. The van der Waals surface area contributed by atoms with Gasteiger partial charge in [0.15, 0.2) is 5.03 Å². The van der Waals surface area contributed by atoms with E-state index < -0.39 is 20.0 Å². The largest absolute Gasteiger partial charge is 0.269 e. The molecule has 0 aliphatic rings. The number of benzene rings is 4. The maximum absolute atomic E-state index is 13.7. The monoisotopic (exact) mass is 516 g/mol. The third kappa shape index (κ3) is 4.58. The average Bonchev–Trinajstić information content (AvgIpc) is 3.32. The van der Waals surface area contributed by atoms with Gasteiger partial charge in [-0.25, -0.2) is 25.5 Å². The van der Waals surface area contributed by atoms with Crippen LogP contribution in [0.1, 0.15) is 17.0 Å². The van der Waals surface area contributed by atoms with E-state index in [1.165, 1.54) is 18.2 Å². The second-order valence-electron chi connectivity index (χ2n) is 8.35. The lowest BCUT2D eigenvalue weighted by atomic mass is 9.92. The first kappa shape index (κ1) is 24.0. The molecule has 0 spiro atoms. The van der Waals surface area contributed by atoms with Crippen LogP contribution in [0.25, 0.3) is 10.9 Å². The van der Waals surface area contributed by atoms with Crippen LogP contribution in [0.3, 0.4) is 0 Å². The summed E-state index contributed by atoms with van der Waals surface area (Å²) in [4.78, 5) is 0.00857. The van der Waals surface area contributed by atoms with Gasteiger partial charge in [0.25, 0.3) is 20.0 Å². The van der Waals surface area contributed by atoms with Crippen LogP contribution >= 0.6 is 0 Å². The summed E-state index contributed by atoms with van der Waals surface area (Å²) in [6.45, 7) is 0.0588. The normalized spacial score (nSPS) is 12.2. The topological polar surface area (TPSA) is 85.2 Å². The second kappa shape index (κ2) is 9.73. The second-order valence-corrected chi connectivity index (χ2v) is 11.9. The standard InChI is InChI=1S/C28H24N2O4S2/c31-35(32,29-21-26(22-12-4-1-5-13-22)23-14-6-2-7-15-23)28-20-24-16-10-11-19-27(24)30(28)36(33,34)25-17-8-3-9-18-25/h1-20,26,29H,21H2. The third-order valence-electron chi connectivity index (χ3n) is 6.07. The highest BCUT2D eigenvalue weighted by Gasteiger charge is 2.30. The summed E-state index contributed by atoms with van der Waals surface area (Å²) in [5.41, 5.74) is 2.19. The van der Waals surface area contributed by atoms with Crippen LogP contribution in [0.15, 0.2) is 131 Å². The average molecular weight is 517 g/mol. The van der Waals surface area contributed by atoms with Gasteiger partial charge in [0.2, 0.25) is 0 Å². The molecule has 0 saturated carbocycles. The molecular weight excluding hydrogens is 492 g/mol. The molecule has 0 aliphatic carbocycles. The summed E-state index contributed by atoms with van der Waals surface area (Å²) in [5, 5.41) is 0.187. The van der Waals surface area contributed by atoms with Gasteiger partial charge in [0, 0.05) is 17.8 Å². The quantitative estimate of drug-likeness (QED) is 0.315. The predicted molar refractivity (Wildman–Crippen MR) is 141 cm³/mol. The Bertz CT molecular complexity index is 1660. The molecule has 0 atom stereocenters. The Kier molecular flexibility index (Phi) is 6.49. The number of sulfonamides is 1. The van der Waals surface area contributed by atoms with E-state index in [0.29, 0.717) is 10.9 Å². The van der Waals surface area contributed by atoms with Crippen molar-refractivity contribution in [3.8, 4) is 0 Å². The third-order valence-corrected chi connectivity index (χ3v) is 9.33. The van der Waals surface area contributed by atoms with Crippen LogP contribution in [-0.2, 0) is 20.0 Å². The molecular formula is C28H24N2O4S2. The van der Waals surface area contributed by atoms with Crippen molar-refractivity contribution >= 4 is 30.9 Å². The number of fused-ring (bicyclic) bond motifs is 1. The minimum atomic E-state index is -4.22. The van der Waals surface area contributed by atoms with Crippen LogP contribution in [0.4, 0.5) is 0 Å². The molecule has 0 amide bonds. The van der Waals surface area contributed by atoms with E-state index in [1.54, 1.807) is 42.5 Å². The van der Waals surface area contributed by atoms with Crippen molar-refractivity contribution in [2.24, 2.45) is 0 Å². The summed E-state index contributed by atoms with van der Waals surface area (Å²) in [7, 11) is -8.40. The van der Waals surface area contributed by atoms with Crippen molar-refractivity contribution in [1.29, 1.82) is 0 Å². The molecule has 0 fully saturated rings. The van der Waals surface area contributed by atoms with E-state index in [1.807, 2.05) is 60.7 Å². The smallest absolute Gasteiger partial charge is 0.221 e. The highest BCUT2D eigenvalue weighted by molar-refractivity contribution is 7.92. The van der Waals surface area contributed by atoms with Crippen molar-refractivity contribution in [1.82, 2.24) is 8.69 Å². The van der Waals surface area contributed by atoms with E-state index in [0.717, 1.165) is 15.1 Å². The predicted octanol–water partition coefficient (Wildman–Crippen LogP) is 4.99. The Morgan fingerprint density at radius 3 is 1.72 bits per heavy atom. The van der Waals surface area contributed by atoms with Gasteiger partial charge < -0.3 is 0 Å². The highest BCUT2D eigenvalue weighted by atomic mass is 32.2. The Labute approximate surface area is 211 Å². The van der Waals surface area contributed by atoms with Crippen molar-refractivity contribution in [2.75, 3.05) is 6.54 Å². The molecule has 1 N–H and O–H groups in total. The number of para-hydroxylation sites is 1. The van der Waals surface area contributed by atoms with Crippen LogP contribution in [-0.4, -0.2) is 27.4 Å². The van der Waals surface area contributed by atoms with Crippen molar-refractivity contribution in [2.45, 2.75) is 15.8 Å². The van der Waals surface area contributed by atoms with Gasteiger partial charge in [0.1, 0.15) is 0 Å². The molecule has 0 aliphatic heterocycles. The Balaban J connectivity index is 1.58. The van der Waals surface area contributed by atoms with Gasteiger partial charge in [-0.2, -0.15) is 0 Å². The van der Waals surface area contributed by atoms with E-state index in [-0.39, 0.29) is 22.4 Å². The zero-order chi connectivity index (χ0) is 25.2. The lowest BCUT2D eigenvalue weighted by Gasteiger charge is -2.19. The maximum atomic E-state index is 13.7. The minimum Gasteiger partial charge on any atom is -0.221 e. The fourth-order valence-electron chi connectivity index (χ4n) is 4.30. The van der Waals surface area contributed by atoms with Gasteiger partial charge in [-0.05, 0) is 35.4 Å². The first-order valence-electron chi connectivity index (χ1n) is 11.4. The molecule has 36 heavy (non-hydrogen) atoms. The molecule has 0 unspecified atom stereocenters. The van der Waals surface area contributed by atoms with Gasteiger partial charge in [-0.15, -0.1) is 0 Å². The van der Waals surface area contributed by atoms with Crippen molar-refractivity contribution < 1.29 is 16.8 Å². The highest BCUT2D eigenvalue weighted by Crippen LogP contribution is 2.29.